The topological polar surface area (TPSA) is 104 Å². The fourth-order valence-corrected chi connectivity index (χ4v) is 3.53. The molecule has 4 aromatic heterocycles. The summed E-state index contributed by atoms with van der Waals surface area (Å²) in [5, 5.41) is 11.7. The van der Waals surface area contributed by atoms with E-state index in [1.165, 1.54) is 0 Å². The molecule has 1 aromatic carbocycles. The van der Waals surface area contributed by atoms with Crippen LogP contribution in [-0.2, 0) is 7.05 Å². The minimum Gasteiger partial charge on any atom is -0.335 e. The largest absolute Gasteiger partial charge is 0.335 e. The van der Waals surface area contributed by atoms with E-state index in [0.29, 0.717) is 33.7 Å². The van der Waals surface area contributed by atoms with Gasteiger partial charge in [-0.1, -0.05) is 5.16 Å². The molecule has 0 bridgehead atoms. The molecule has 154 valence electrons. The molecule has 0 spiro atoms. The molecule has 1 amide bonds. The highest BCUT2D eigenvalue weighted by molar-refractivity contribution is 6.13. The number of hydrogen-bond acceptors (Lipinski definition) is 6. The quantitative estimate of drug-likeness (QED) is 0.482. The summed E-state index contributed by atoms with van der Waals surface area (Å²) in [6.07, 6.45) is 7.16. The lowest BCUT2D eigenvalue weighted by atomic mass is 10.1. The van der Waals surface area contributed by atoms with Crippen LogP contribution in [0.3, 0.4) is 0 Å². The van der Waals surface area contributed by atoms with Gasteiger partial charge in [-0.25, -0.2) is 9.97 Å². The van der Waals surface area contributed by atoms with Gasteiger partial charge in [0.15, 0.2) is 0 Å². The summed E-state index contributed by atoms with van der Waals surface area (Å²) in [6.45, 7) is 3.72. The van der Waals surface area contributed by atoms with Crippen LogP contribution >= 0.6 is 0 Å². The van der Waals surface area contributed by atoms with Crippen LogP contribution in [0.25, 0.3) is 28.0 Å². The van der Waals surface area contributed by atoms with E-state index >= 15 is 0 Å². The summed E-state index contributed by atoms with van der Waals surface area (Å²) < 4.78 is 9.00. The standard InChI is InChI=1S/C22H19N7O2/c1-13-20-18(10-19(26-22(20)31-27-13)15-11-24-28(3)12-15)21(30)25-16-4-6-17(7-5-16)29-9-8-23-14(29)2/h4-12H,1-3H3,(H,25,30). The molecule has 0 atom stereocenters. The molecule has 9 nitrogen and oxygen atoms in total. The van der Waals surface area contributed by atoms with Gasteiger partial charge >= 0.3 is 0 Å². The molecule has 0 aliphatic rings. The van der Waals surface area contributed by atoms with Crippen molar-refractivity contribution in [2.45, 2.75) is 13.8 Å². The first-order valence-electron chi connectivity index (χ1n) is 9.67. The van der Waals surface area contributed by atoms with Crippen molar-refractivity contribution in [2.24, 2.45) is 7.05 Å². The molecule has 4 heterocycles. The molecule has 0 aliphatic heterocycles. The Hall–Kier alpha value is -4.27. The molecule has 0 saturated heterocycles. The zero-order valence-electron chi connectivity index (χ0n) is 17.2. The maximum Gasteiger partial charge on any atom is 0.259 e. The highest BCUT2D eigenvalue weighted by Gasteiger charge is 2.20. The Balaban J connectivity index is 1.49. The number of benzene rings is 1. The summed E-state index contributed by atoms with van der Waals surface area (Å²) in [5.41, 5.74) is 4.38. The molecular formula is C22H19N7O2. The van der Waals surface area contributed by atoms with Crippen molar-refractivity contribution in [1.82, 2.24) is 29.5 Å². The summed E-state index contributed by atoms with van der Waals surface area (Å²) in [6, 6.07) is 9.31. The molecule has 0 aliphatic carbocycles. The van der Waals surface area contributed by atoms with E-state index < -0.39 is 0 Å². The number of carbonyl (C=O) groups excluding carboxylic acids is 1. The van der Waals surface area contributed by atoms with Gasteiger partial charge in [-0.2, -0.15) is 5.10 Å². The number of aromatic nitrogens is 6. The molecule has 5 rings (SSSR count). The maximum atomic E-state index is 13.2. The summed E-state index contributed by atoms with van der Waals surface area (Å²) in [5.74, 6) is 0.622. The number of amides is 1. The Morgan fingerprint density at radius 2 is 1.97 bits per heavy atom. The van der Waals surface area contributed by atoms with E-state index in [1.807, 2.05) is 55.2 Å². The second kappa shape index (κ2) is 7.21. The summed E-state index contributed by atoms with van der Waals surface area (Å²) in [4.78, 5) is 21.9. The molecule has 0 radical (unpaired) electrons. The normalized spacial score (nSPS) is 11.2. The summed E-state index contributed by atoms with van der Waals surface area (Å²) in [7, 11) is 1.82. The van der Waals surface area contributed by atoms with Crippen LogP contribution < -0.4 is 5.32 Å². The predicted molar refractivity (Wildman–Crippen MR) is 115 cm³/mol. The maximum absolute atomic E-state index is 13.2. The smallest absolute Gasteiger partial charge is 0.259 e. The molecule has 0 unspecified atom stereocenters. The number of carbonyl (C=O) groups is 1. The lowest BCUT2D eigenvalue weighted by Crippen LogP contribution is -2.13. The van der Waals surface area contributed by atoms with Gasteiger partial charge in [-0.05, 0) is 44.2 Å². The van der Waals surface area contributed by atoms with Crippen LogP contribution in [-0.4, -0.2) is 35.4 Å². The number of hydrogen-bond donors (Lipinski definition) is 1. The van der Waals surface area contributed by atoms with Crippen molar-refractivity contribution >= 4 is 22.7 Å². The minimum atomic E-state index is -0.268. The fraction of sp³-hybridized carbons (Fsp3) is 0.136. The third-order valence-electron chi connectivity index (χ3n) is 5.09. The second-order valence-corrected chi connectivity index (χ2v) is 7.25. The first-order valence-corrected chi connectivity index (χ1v) is 9.67. The van der Waals surface area contributed by atoms with Crippen molar-refractivity contribution in [3.8, 4) is 16.9 Å². The van der Waals surface area contributed by atoms with Gasteiger partial charge in [0.1, 0.15) is 5.82 Å². The first-order chi connectivity index (χ1) is 15.0. The van der Waals surface area contributed by atoms with Crippen LogP contribution in [0.4, 0.5) is 5.69 Å². The van der Waals surface area contributed by atoms with E-state index in [2.05, 4.69) is 25.5 Å². The number of rotatable bonds is 4. The number of anilines is 1. The van der Waals surface area contributed by atoms with Crippen LogP contribution in [0.15, 0.2) is 59.6 Å². The number of nitrogens with one attached hydrogen (secondary N) is 1. The first kappa shape index (κ1) is 18.7. The van der Waals surface area contributed by atoms with Gasteiger partial charge in [-0.15, -0.1) is 0 Å². The zero-order valence-corrected chi connectivity index (χ0v) is 17.2. The Labute approximate surface area is 177 Å². The van der Waals surface area contributed by atoms with Crippen molar-refractivity contribution in [3.05, 3.63) is 72.2 Å². The number of fused-ring (bicyclic) bond motifs is 1. The van der Waals surface area contributed by atoms with Gasteiger partial charge < -0.3 is 14.4 Å². The molecule has 9 heteroatoms. The van der Waals surface area contributed by atoms with Crippen LogP contribution in [0.2, 0.25) is 0 Å². The van der Waals surface area contributed by atoms with Crippen molar-refractivity contribution in [3.63, 3.8) is 0 Å². The SMILES string of the molecule is Cc1noc2nc(-c3cnn(C)c3)cc(C(=O)Nc3ccc(-n4ccnc4C)cc3)c12. The van der Waals surface area contributed by atoms with Crippen LogP contribution in [0.5, 0.6) is 0 Å². The van der Waals surface area contributed by atoms with E-state index in [1.54, 1.807) is 30.1 Å². The van der Waals surface area contributed by atoms with Gasteiger partial charge in [0.25, 0.3) is 11.6 Å². The molecule has 0 saturated carbocycles. The van der Waals surface area contributed by atoms with E-state index in [0.717, 1.165) is 17.1 Å². The Bertz CT molecular complexity index is 1410. The lowest BCUT2D eigenvalue weighted by Gasteiger charge is -2.09. The second-order valence-electron chi connectivity index (χ2n) is 7.25. The van der Waals surface area contributed by atoms with E-state index in [-0.39, 0.29) is 5.91 Å². The summed E-state index contributed by atoms with van der Waals surface area (Å²) >= 11 is 0. The Morgan fingerprint density at radius 3 is 2.65 bits per heavy atom. The number of nitrogens with zero attached hydrogens (tertiary/aromatic N) is 6. The molecule has 31 heavy (non-hydrogen) atoms. The molecule has 0 fully saturated rings. The van der Waals surface area contributed by atoms with Gasteiger partial charge in [0, 0.05) is 42.6 Å². The number of aryl methyl sites for hydroxylation is 3. The predicted octanol–water partition coefficient (Wildman–Crippen LogP) is 3.68. The van der Waals surface area contributed by atoms with Crippen molar-refractivity contribution < 1.29 is 9.32 Å². The lowest BCUT2D eigenvalue weighted by molar-refractivity contribution is 0.102. The third-order valence-corrected chi connectivity index (χ3v) is 5.09. The van der Waals surface area contributed by atoms with Gasteiger partial charge in [0.05, 0.1) is 28.5 Å². The average molecular weight is 413 g/mol. The highest BCUT2D eigenvalue weighted by atomic mass is 16.5. The molecule has 5 aromatic rings. The van der Waals surface area contributed by atoms with Crippen molar-refractivity contribution in [2.75, 3.05) is 5.32 Å². The van der Waals surface area contributed by atoms with Crippen molar-refractivity contribution in [1.29, 1.82) is 0 Å². The van der Waals surface area contributed by atoms with Crippen LogP contribution in [0, 0.1) is 13.8 Å². The highest BCUT2D eigenvalue weighted by Crippen LogP contribution is 2.27. The van der Waals surface area contributed by atoms with E-state index in [9.17, 15) is 4.79 Å². The Morgan fingerprint density at radius 1 is 1.16 bits per heavy atom. The molecular weight excluding hydrogens is 394 g/mol. The number of pyridine rings is 1. The van der Waals surface area contributed by atoms with E-state index in [4.69, 9.17) is 4.52 Å². The minimum absolute atomic E-state index is 0.268. The Kier molecular flexibility index (Phi) is 4.36. The number of imidazole rings is 1. The fourth-order valence-electron chi connectivity index (χ4n) is 3.53. The zero-order chi connectivity index (χ0) is 21.5. The average Bonchev–Trinajstić information content (AvgIpc) is 3.48. The van der Waals surface area contributed by atoms with Crippen LogP contribution in [0.1, 0.15) is 21.9 Å². The third kappa shape index (κ3) is 3.35. The van der Waals surface area contributed by atoms with Gasteiger partial charge in [-0.3, -0.25) is 9.48 Å². The monoisotopic (exact) mass is 413 g/mol. The van der Waals surface area contributed by atoms with Gasteiger partial charge in [0.2, 0.25) is 0 Å². The molecule has 1 N–H and O–H groups in total.